The monoisotopic (exact) mass is 212 g/mol. The third-order valence-corrected chi connectivity index (χ3v) is 2.66. The van der Waals surface area contributed by atoms with Gasteiger partial charge in [0, 0.05) is 6.04 Å². The van der Waals surface area contributed by atoms with Crippen molar-refractivity contribution >= 4 is 17.2 Å². The first kappa shape index (κ1) is 11.2. The van der Waals surface area contributed by atoms with Crippen LogP contribution in [-0.2, 0) is 11.2 Å². The molecular formula is C10H16N2OS. The van der Waals surface area contributed by atoms with Crippen LogP contribution in [0, 0.1) is 0 Å². The number of amides is 1. The van der Waals surface area contributed by atoms with Crippen LogP contribution in [0.25, 0.3) is 0 Å². The first-order valence-electron chi connectivity index (χ1n) is 4.66. The summed E-state index contributed by atoms with van der Waals surface area (Å²) in [6.45, 7) is 3.67. The molecule has 2 atom stereocenters. The van der Waals surface area contributed by atoms with E-state index in [2.05, 4.69) is 16.8 Å². The summed E-state index contributed by atoms with van der Waals surface area (Å²) in [4.78, 5) is 11.2. The molecule has 0 aliphatic carbocycles. The average Bonchev–Trinajstić information content (AvgIpc) is 2.56. The topological polar surface area (TPSA) is 55.1 Å². The lowest BCUT2D eigenvalue weighted by Crippen LogP contribution is -2.43. The highest BCUT2D eigenvalue weighted by Crippen LogP contribution is 2.08. The Balaban J connectivity index is 2.36. The first-order chi connectivity index (χ1) is 6.59. The van der Waals surface area contributed by atoms with Gasteiger partial charge in [0.05, 0.1) is 6.04 Å². The molecule has 2 unspecified atom stereocenters. The Morgan fingerprint density at radius 1 is 1.64 bits per heavy atom. The summed E-state index contributed by atoms with van der Waals surface area (Å²) < 4.78 is 0. The van der Waals surface area contributed by atoms with Gasteiger partial charge in [-0.1, -0.05) is 0 Å². The number of nitrogens with one attached hydrogen (secondary N) is 1. The lowest BCUT2D eigenvalue weighted by atomic mass is 10.1. The molecule has 3 N–H and O–H groups in total. The molecule has 1 amide bonds. The highest BCUT2D eigenvalue weighted by Gasteiger charge is 2.11. The summed E-state index contributed by atoms with van der Waals surface area (Å²) in [6, 6.07) is 1.78. The fourth-order valence-electron chi connectivity index (χ4n) is 1.19. The van der Waals surface area contributed by atoms with Crippen LogP contribution in [0.3, 0.4) is 0 Å². The van der Waals surface area contributed by atoms with Gasteiger partial charge in [-0.15, -0.1) is 0 Å². The second kappa shape index (κ2) is 5.12. The predicted molar refractivity (Wildman–Crippen MR) is 59.3 cm³/mol. The number of hydrogen-bond acceptors (Lipinski definition) is 3. The lowest BCUT2D eigenvalue weighted by Gasteiger charge is -2.14. The molecule has 1 aromatic heterocycles. The second-order valence-corrected chi connectivity index (χ2v) is 4.31. The van der Waals surface area contributed by atoms with Crippen LogP contribution in [0.1, 0.15) is 19.4 Å². The Bertz CT molecular complexity index is 282. The summed E-state index contributed by atoms with van der Waals surface area (Å²) in [6.07, 6.45) is 0.863. The quantitative estimate of drug-likeness (QED) is 0.786. The maximum atomic E-state index is 11.2. The molecule has 3 nitrogen and oxygen atoms in total. The van der Waals surface area contributed by atoms with Crippen molar-refractivity contribution in [1.29, 1.82) is 0 Å². The Hall–Kier alpha value is -0.870. The standard InChI is InChI=1S/C10H16N2OS/c1-7(12-10(13)8(2)11)5-9-3-4-14-6-9/h3-4,6-8H,5,11H2,1-2H3,(H,12,13). The fraction of sp³-hybridized carbons (Fsp3) is 0.500. The normalized spacial score (nSPS) is 14.8. The zero-order valence-corrected chi connectivity index (χ0v) is 9.30. The van der Waals surface area contributed by atoms with Crippen LogP contribution in [0.2, 0.25) is 0 Å². The molecule has 1 rings (SSSR count). The van der Waals surface area contributed by atoms with E-state index >= 15 is 0 Å². The van der Waals surface area contributed by atoms with Crippen molar-refractivity contribution in [2.24, 2.45) is 5.73 Å². The number of thiophene rings is 1. The minimum Gasteiger partial charge on any atom is -0.352 e. The molecule has 0 saturated carbocycles. The van der Waals surface area contributed by atoms with Crippen LogP contribution in [0.5, 0.6) is 0 Å². The highest BCUT2D eigenvalue weighted by atomic mass is 32.1. The largest absolute Gasteiger partial charge is 0.352 e. The number of nitrogens with two attached hydrogens (primary N) is 1. The summed E-state index contributed by atoms with van der Waals surface area (Å²) in [5, 5.41) is 6.99. The molecule has 1 aromatic rings. The number of hydrogen-bond donors (Lipinski definition) is 2. The third kappa shape index (κ3) is 3.47. The van der Waals surface area contributed by atoms with Crippen molar-refractivity contribution in [3.63, 3.8) is 0 Å². The van der Waals surface area contributed by atoms with Crippen molar-refractivity contribution in [1.82, 2.24) is 5.32 Å². The Morgan fingerprint density at radius 2 is 2.36 bits per heavy atom. The maximum Gasteiger partial charge on any atom is 0.236 e. The zero-order valence-electron chi connectivity index (χ0n) is 8.49. The van der Waals surface area contributed by atoms with E-state index in [1.807, 2.05) is 12.3 Å². The van der Waals surface area contributed by atoms with E-state index in [4.69, 9.17) is 5.73 Å². The number of rotatable bonds is 4. The van der Waals surface area contributed by atoms with Crippen molar-refractivity contribution in [2.75, 3.05) is 0 Å². The van der Waals surface area contributed by atoms with Crippen LogP contribution < -0.4 is 11.1 Å². The minimum absolute atomic E-state index is 0.0901. The molecule has 4 heteroatoms. The van der Waals surface area contributed by atoms with E-state index in [0.717, 1.165) is 6.42 Å². The van der Waals surface area contributed by atoms with E-state index in [9.17, 15) is 4.79 Å². The molecular weight excluding hydrogens is 196 g/mol. The van der Waals surface area contributed by atoms with E-state index < -0.39 is 6.04 Å². The lowest BCUT2D eigenvalue weighted by molar-refractivity contribution is -0.122. The van der Waals surface area contributed by atoms with Crippen LogP contribution in [0.15, 0.2) is 16.8 Å². The summed E-state index contributed by atoms with van der Waals surface area (Å²) in [5.41, 5.74) is 6.70. The predicted octanol–water partition coefficient (Wildman–Crippen LogP) is 1.14. The van der Waals surface area contributed by atoms with Gasteiger partial charge in [0.15, 0.2) is 0 Å². The van der Waals surface area contributed by atoms with Crippen LogP contribution in [-0.4, -0.2) is 18.0 Å². The van der Waals surface area contributed by atoms with Gasteiger partial charge in [-0.05, 0) is 42.7 Å². The average molecular weight is 212 g/mol. The van der Waals surface area contributed by atoms with Crippen molar-refractivity contribution in [3.8, 4) is 0 Å². The first-order valence-corrected chi connectivity index (χ1v) is 5.61. The van der Waals surface area contributed by atoms with Gasteiger partial charge in [0.2, 0.25) is 5.91 Å². The van der Waals surface area contributed by atoms with Gasteiger partial charge in [0.25, 0.3) is 0 Å². The second-order valence-electron chi connectivity index (χ2n) is 3.53. The van der Waals surface area contributed by atoms with Crippen LogP contribution in [0.4, 0.5) is 0 Å². The van der Waals surface area contributed by atoms with E-state index in [1.165, 1.54) is 5.56 Å². The van der Waals surface area contributed by atoms with Gasteiger partial charge in [0.1, 0.15) is 0 Å². The summed E-state index contributed by atoms with van der Waals surface area (Å²) in [7, 11) is 0. The van der Waals surface area contributed by atoms with Gasteiger partial charge >= 0.3 is 0 Å². The molecule has 1 heterocycles. The molecule has 0 saturated heterocycles. The highest BCUT2D eigenvalue weighted by molar-refractivity contribution is 7.07. The fourth-order valence-corrected chi connectivity index (χ4v) is 1.87. The Labute approximate surface area is 88.3 Å². The van der Waals surface area contributed by atoms with Crippen LogP contribution >= 0.6 is 11.3 Å². The van der Waals surface area contributed by atoms with E-state index in [0.29, 0.717) is 0 Å². The number of carbonyl (C=O) groups is 1. The summed E-state index contributed by atoms with van der Waals surface area (Å²) in [5.74, 6) is -0.0901. The van der Waals surface area contributed by atoms with Crippen molar-refractivity contribution in [3.05, 3.63) is 22.4 Å². The molecule has 78 valence electrons. The molecule has 0 fully saturated rings. The Morgan fingerprint density at radius 3 is 2.86 bits per heavy atom. The molecule has 14 heavy (non-hydrogen) atoms. The molecule has 0 radical (unpaired) electrons. The number of carbonyl (C=O) groups excluding carboxylic acids is 1. The third-order valence-electron chi connectivity index (χ3n) is 1.92. The molecule has 0 aliphatic heterocycles. The van der Waals surface area contributed by atoms with Gasteiger partial charge in [-0.3, -0.25) is 4.79 Å². The molecule has 0 spiro atoms. The van der Waals surface area contributed by atoms with Crippen molar-refractivity contribution < 1.29 is 4.79 Å². The van der Waals surface area contributed by atoms with Gasteiger partial charge in [-0.25, -0.2) is 0 Å². The van der Waals surface area contributed by atoms with E-state index in [-0.39, 0.29) is 11.9 Å². The summed E-state index contributed by atoms with van der Waals surface area (Å²) >= 11 is 1.67. The zero-order chi connectivity index (χ0) is 10.6. The SMILES string of the molecule is CC(Cc1ccsc1)NC(=O)C(C)N. The van der Waals surface area contributed by atoms with Crippen molar-refractivity contribution in [2.45, 2.75) is 32.4 Å². The molecule has 0 bridgehead atoms. The van der Waals surface area contributed by atoms with Gasteiger partial charge < -0.3 is 11.1 Å². The molecule has 0 aromatic carbocycles. The van der Waals surface area contributed by atoms with Gasteiger partial charge in [-0.2, -0.15) is 11.3 Å². The molecule has 0 aliphatic rings. The maximum absolute atomic E-state index is 11.2. The smallest absolute Gasteiger partial charge is 0.236 e. The minimum atomic E-state index is -0.431. The Kier molecular flexibility index (Phi) is 4.10. The van der Waals surface area contributed by atoms with E-state index in [1.54, 1.807) is 18.3 Å².